The summed E-state index contributed by atoms with van der Waals surface area (Å²) in [6.45, 7) is 11.9. The Hall–Kier alpha value is -3.05. The zero-order valence-electron chi connectivity index (χ0n) is 20.7. The van der Waals surface area contributed by atoms with Crippen LogP contribution in [0.15, 0.2) is 18.2 Å². The second-order valence-corrected chi connectivity index (χ2v) is 9.13. The summed E-state index contributed by atoms with van der Waals surface area (Å²) in [5, 5.41) is 15.1. The van der Waals surface area contributed by atoms with E-state index in [1.54, 1.807) is 20.8 Å². The SMILES string of the molecule is C#CN(C(=O)C(CO)NC(=O)OC(C)(C)C)C(C(=O)NC(C)CCC)c1c(C)cccc1C. The quantitative estimate of drug-likeness (QED) is 0.389. The third-order valence-corrected chi connectivity index (χ3v) is 4.98. The molecule has 0 spiro atoms. The van der Waals surface area contributed by atoms with Gasteiger partial charge in [0.05, 0.1) is 6.61 Å². The molecule has 0 aliphatic rings. The van der Waals surface area contributed by atoms with Crippen molar-refractivity contribution in [3.63, 3.8) is 0 Å². The average Bonchev–Trinajstić information content (AvgIpc) is 2.69. The topological polar surface area (TPSA) is 108 Å². The summed E-state index contributed by atoms with van der Waals surface area (Å²) in [6.07, 6.45) is 6.47. The van der Waals surface area contributed by atoms with Gasteiger partial charge in [0.2, 0.25) is 5.91 Å². The van der Waals surface area contributed by atoms with Gasteiger partial charge in [-0.2, -0.15) is 0 Å². The molecule has 33 heavy (non-hydrogen) atoms. The summed E-state index contributed by atoms with van der Waals surface area (Å²) in [4.78, 5) is 39.8. The lowest BCUT2D eigenvalue weighted by Gasteiger charge is -2.32. The first kappa shape index (κ1) is 28.0. The van der Waals surface area contributed by atoms with E-state index in [0.717, 1.165) is 28.9 Å². The van der Waals surface area contributed by atoms with Crippen molar-refractivity contribution < 1.29 is 24.2 Å². The number of nitrogens with one attached hydrogen (secondary N) is 2. The molecule has 1 rings (SSSR count). The van der Waals surface area contributed by atoms with E-state index >= 15 is 0 Å². The highest BCUT2D eigenvalue weighted by Crippen LogP contribution is 2.28. The average molecular weight is 460 g/mol. The molecule has 182 valence electrons. The number of aliphatic hydroxyl groups excluding tert-OH is 1. The number of aliphatic hydroxyl groups is 1. The molecule has 8 heteroatoms. The van der Waals surface area contributed by atoms with Gasteiger partial charge in [-0.15, -0.1) is 0 Å². The van der Waals surface area contributed by atoms with Crippen molar-refractivity contribution >= 4 is 17.9 Å². The van der Waals surface area contributed by atoms with Gasteiger partial charge in [-0.05, 0) is 64.7 Å². The number of carbonyl (C=O) groups excluding carboxylic acids is 3. The Morgan fingerprint density at radius 1 is 1.18 bits per heavy atom. The van der Waals surface area contributed by atoms with E-state index < -0.39 is 42.2 Å². The van der Waals surface area contributed by atoms with Gasteiger partial charge in [-0.1, -0.05) is 38.0 Å². The van der Waals surface area contributed by atoms with Gasteiger partial charge in [0, 0.05) is 12.1 Å². The lowest BCUT2D eigenvalue weighted by molar-refractivity contribution is -0.139. The molecule has 3 amide bonds. The molecule has 1 aromatic rings. The summed E-state index contributed by atoms with van der Waals surface area (Å²) in [6, 6.07) is 5.16. The Morgan fingerprint density at radius 2 is 1.76 bits per heavy atom. The van der Waals surface area contributed by atoms with E-state index in [1.807, 2.05) is 45.9 Å². The zero-order valence-corrected chi connectivity index (χ0v) is 20.7. The van der Waals surface area contributed by atoms with Crippen LogP contribution in [0.5, 0.6) is 0 Å². The summed E-state index contributed by atoms with van der Waals surface area (Å²) in [5.41, 5.74) is 1.37. The molecule has 3 unspecified atom stereocenters. The van der Waals surface area contributed by atoms with Crippen LogP contribution in [0.3, 0.4) is 0 Å². The Morgan fingerprint density at radius 3 is 2.21 bits per heavy atom. The van der Waals surface area contributed by atoms with Crippen LogP contribution in [0, 0.1) is 26.3 Å². The number of terminal acetylenes is 1. The zero-order chi connectivity index (χ0) is 25.3. The summed E-state index contributed by atoms with van der Waals surface area (Å²) < 4.78 is 5.18. The molecule has 0 bridgehead atoms. The number of amides is 3. The number of aryl methyl sites for hydroxylation is 2. The van der Waals surface area contributed by atoms with Crippen LogP contribution in [0.25, 0.3) is 0 Å². The van der Waals surface area contributed by atoms with Gasteiger partial charge < -0.3 is 20.5 Å². The van der Waals surface area contributed by atoms with E-state index in [1.165, 1.54) is 0 Å². The maximum absolute atomic E-state index is 13.4. The summed E-state index contributed by atoms with van der Waals surface area (Å²) in [5.74, 6) is -1.23. The Kier molecular flexibility index (Phi) is 10.4. The number of benzene rings is 1. The Balaban J connectivity index is 3.38. The fraction of sp³-hybridized carbons (Fsp3) is 0.560. The minimum absolute atomic E-state index is 0.127. The molecule has 1 aromatic carbocycles. The first-order chi connectivity index (χ1) is 15.4. The first-order valence-electron chi connectivity index (χ1n) is 11.1. The number of hydrogen-bond acceptors (Lipinski definition) is 5. The highest BCUT2D eigenvalue weighted by Gasteiger charge is 2.37. The molecule has 0 radical (unpaired) electrons. The molecule has 3 N–H and O–H groups in total. The fourth-order valence-electron chi connectivity index (χ4n) is 3.53. The molecule has 0 saturated carbocycles. The van der Waals surface area contributed by atoms with E-state index in [0.29, 0.717) is 5.56 Å². The number of alkyl carbamates (subject to hydrolysis) is 1. The molecule has 0 aliphatic heterocycles. The number of rotatable bonds is 9. The first-order valence-corrected chi connectivity index (χ1v) is 11.1. The second kappa shape index (κ2) is 12.3. The van der Waals surface area contributed by atoms with Gasteiger partial charge in [-0.25, -0.2) is 4.79 Å². The normalized spacial score (nSPS) is 13.8. The van der Waals surface area contributed by atoms with Crippen LogP contribution in [0.1, 0.15) is 70.2 Å². The highest BCUT2D eigenvalue weighted by atomic mass is 16.6. The second-order valence-electron chi connectivity index (χ2n) is 9.13. The van der Waals surface area contributed by atoms with Crippen LogP contribution in [-0.4, -0.2) is 52.2 Å². The van der Waals surface area contributed by atoms with Crippen LogP contribution >= 0.6 is 0 Å². The maximum Gasteiger partial charge on any atom is 0.408 e. The van der Waals surface area contributed by atoms with Crippen molar-refractivity contribution in [2.75, 3.05) is 6.61 Å². The number of carbonyl (C=O) groups is 3. The van der Waals surface area contributed by atoms with Gasteiger partial charge in [-0.3, -0.25) is 14.5 Å². The molecule has 0 fully saturated rings. The van der Waals surface area contributed by atoms with Crippen molar-refractivity contribution in [2.24, 2.45) is 0 Å². The molecule has 0 aromatic heterocycles. The number of hydrogen-bond donors (Lipinski definition) is 3. The minimum Gasteiger partial charge on any atom is -0.444 e. The lowest BCUT2D eigenvalue weighted by atomic mass is 9.93. The van der Waals surface area contributed by atoms with Crippen molar-refractivity contribution in [1.82, 2.24) is 15.5 Å². The van der Waals surface area contributed by atoms with E-state index in [2.05, 4.69) is 16.7 Å². The standard InChI is InChI=1S/C25H37N3O5/c1-9-12-18(5)26-22(30)21(20-16(3)13-11-14-17(20)4)28(10-2)23(31)19(15-29)27-24(32)33-25(6,7)8/h2,11,13-14,18-19,21,29H,9,12,15H2,1,3-8H3,(H,26,30)(H,27,32). The van der Waals surface area contributed by atoms with E-state index in [4.69, 9.17) is 11.2 Å². The lowest BCUT2D eigenvalue weighted by Crippen LogP contribution is -2.53. The molecule has 0 heterocycles. The minimum atomic E-state index is -1.39. The van der Waals surface area contributed by atoms with E-state index in [9.17, 15) is 19.5 Å². The smallest absolute Gasteiger partial charge is 0.408 e. The maximum atomic E-state index is 13.4. The van der Waals surface area contributed by atoms with Crippen LogP contribution in [0.4, 0.5) is 4.79 Å². The van der Waals surface area contributed by atoms with Crippen molar-refractivity contribution in [3.05, 3.63) is 34.9 Å². The van der Waals surface area contributed by atoms with Gasteiger partial charge >= 0.3 is 6.09 Å². The molecule has 8 nitrogen and oxygen atoms in total. The molecular formula is C25H37N3O5. The number of ether oxygens (including phenoxy) is 1. The Labute approximate surface area is 197 Å². The molecule has 0 saturated heterocycles. The molecular weight excluding hydrogens is 422 g/mol. The largest absolute Gasteiger partial charge is 0.444 e. The van der Waals surface area contributed by atoms with Crippen molar-refractivity contribution in [3.8, 4) is 12.5 Å². The monoisotopic (exact) mass is 459 g/mol. The number of nitrogens with zero attached hydrogens (tertiary/aromatic N) is 1. The molecule has 0 aliphatic carbocycles. The summed E-state index contributed by atoms with van der Waals surface area (Å²) in [7, 11) is 0. The van der Waals surface area contributed by atoms with E-state index in [-0.39, 0.29) is 6.04 Å². The van der Waals surface area contributed by atoms with Gasteiger partial charge in [0.1, 0.15) is 17.7 Å². The van der Waals surface area contributed by atoms with Crippen molar-refractivity contribution in [2.45, 2.75) is 85.0 Å². The highest BCUT2D eigenvalue weighted by molar-refractivity contribution is 5.93. The predicted octanol–water partition coefficient (Wildman–Crippen LogP) is 2.95. The van der Waals surface area contributed by atoms with Crippen LogP contribution < -0.4 is 10.6 Å². The third kappa shape index (κ3) is 8.10. The van der Waals surface area contributed by atoms with Crippen molar-refractivity contribution in [1.29, 1.82) is 0 Å². The van der Waals surface area contributed by atoms with Crippen LogP contribution in [0.2, 0.25) is 0 Å². The van der Waals surface area contributed by atoms with Gasteiger partial charge in [0.25, 0.3) is 5.91 Å². The van der Waals surface area contributed by atoms with Crippen LogP contribution in [-0.2, 0) is 14.3 Å². The Bertz CT molecular complexity index is 865. The fourth-order valence-corrected chi connectivity index (χ4v) is 3.53. The molecule has 3 atom stereocenters. The summed E-state index contributed by atoms with van der Waals surface area (Å²) >= 11 is 0. The van der Waals surface area contributed by atoms with Gasteiger partial charge in [0.15, 0.2) is 0 Å². The third-order valence-electron chi connectivity index (χ3n) is 4.98. The predicted molar refractivity (Wildman–Crippen MR) is 127 cm³/mol.